The van der Waals surface area contributed by atoms with Crippen molar-refractivity contribution in [3.63, 3.8) is 0 Å². The van der Waals surface area contributed by atoms with Crippen molar-refractivity contribution in [3.8, 4) is 23.0 Å². The molecule has 1 amide bonds. The highest BCUT2D eigenvalue weighted by atomic mass is 79.9. The molecule has 0 aliphatic heterocycles. The number of carbonyl (C=O) groups excluding carboxylic acids is 1. The van der Waals surface area contributed by atoms with E-state index in [4.69, 9.17) is 24.1 Å². The summed E-state index contributed by atoms with van der Waals surface area (Å²) in [6.07, 6.45) is 1.43. The van der Waals surface area contributed by atoms with E-state index < -0.39 is 18.5 Å². The molecule has 2 aromatic carbocycles. The van der Waals surface area contributed by atoms with Gasteiger partial charge in [0, 0.05) is 5.56 Å². The monoisotopic (exact) mass is 508 g/mol. The molecule has 0 aliphatic carbocycles. The van der Waals surface area contributed by atoms with Crippen LogP contribution in [0.4, 0.5) is 0 Å². The van der Waals surface area contributed by atoms with E-state index in [2.05, 4.69) is 26.5 Å². The van der Waals surface area contributed by atoms with Crippen LogP contribution in [-0.2, 0) is 4.79 Å². The SMILES string of the molecule is CCOc1ccc(C(=O)N/N=C/c2cc(Br)c(OCC(=O)O)c(OCC)c2)cc1OCC. The fraction of sp³-hybridized carbons (Fsp3) is 0.318. The molecule has 9 nitrogen and oxygen atoms in total. The summed E-state index contributed by atoms with van der Waals surface area (Å²) in [4.78, 5) is 23.3. The van der Waals surface area contributed by atoms with Gasteiger partial charge in [0.05, 0.1) is 30.5 Å². The summed E-state index contributed by atoms with van der Waals surface area (Å²) < 4.78 is 22.3. The average Bonchev–Trinajstić information content (AvgIpc) is 2.74. The van der Waals surface area contributed by atoms with Crippen LogP contribution in [0.1, 0.15) is 36.7 Å². The Morgan fingerprint density at radius 2 is 1.62 bits per heavy atom. The Balaban J connectivity index is 2.15. The molecule has 0 heterocycles. The zero-order chi connectivity index (χ0) is 23.5. The number of ether oxygens (including phenoxy) is 4. The maximum absolute atomic E-state index is 12.5. The summed E-state index contributed by atoms with van der Waals surface area (Å²) in [6, 6.07) is 8.19. The minimum absolute atomic E-state index is 0.272. The summed E-state index contributed by atoms with van der Waals surface area (Å²) in [7, 11) is 0. The molecule has 2 rings (SSSR count). The molecule has 0 aromatic heterocycles. The van der Waals surface area contributed by atoms with Crippen molar-refractivity contribution in [3.05, 3.63) is 45.9 Å². The molecule has 0 radical (unpaired) electrons. The van der Waals surface area contributed by atoms with E-state index >= 15 is 0 Å². The first kappa shape index (κ1) is 25.0. The van der Waals surface area contributed by atoms with Gasteiger partial charge in [-0.25, -0.2) is 10.2 Å². The Morgan fingerprint density at radius 3 is 2.28 bits per heavy atom. The molecule has 10 heteroatoms. The molecule has 0 saturated heterocycles. The number of hydrazone groups is 1. The van der Waals surface area contributed by atoms with Crippen LogP contribution in [0.5, 0.6) is 23.0 Å². The van der Waals surface area contributed by atoms with Gasteiger partial charge in [-0.3, -0.25) is 4.79 Å². The van der Waals surface area contributed by atoms with Gasteiger partial charge in [-0.05, 0) is 72.6 Å². The molecule has 0 aliphatic rings. The van der Waals surface area contributed by atoms with Crippen LogP contribution in [0.2, 0.25) is 0 Å². The van der Waals surface area contributed by atoms with Gasteiger partial charge in [-0.1, -0.05) is 0 Å². The van der Waals surface area contributed by atoms with Crippen LogP contribution in [0.25, 0.3) is 0 Å². The number of amides is 1. The van der Waals surface area contributed by atoms with Crippen molar-refractivity contribution in [2.75, 3.05) is 26.4 Å². The first-order valence-electron chi connectivity index (χ1n) is 9.93. The normalized spacial score (nSPS) is 10.6. The zero-order valence-corrected chi connectivity index (χ0v) is 19.6. The van der Waals surface area contributed by atoms with Crippen molar-refractivity contribution in [2.24, 2.45) is 5.10 Å². The lowest BCUT2D eigenvalue weighted by molar-refractivity contribution is -0.139. The topological polar surface area (TPSA) is 116 Å². The third-order valence-corrected chi connectivity index (χ3v) is 4.45. The molecule has 2 aromatic rings. The quantitative estimate of drug-likeness (QED) is 0.330. The minimum Gasteiger partial charge on any atom is -0.490 e. The van der Waals surface area contributed by atoms with Crippen molar-refractivity contribution >= 4 is 34.0 Å². The highest BCUT2D eigenvalue weighted by Gasteiger charge is 2.14. The Morgan fingerprint density at radius 1 is 0.969 bits per heavy atom. The van der Waals surface area contributed by atoms with Crippen LogP contribution in [0, 0.1) is 0 Å². The molecule has 0 atom stereocenters. The summed E-state index contributed by atoms with van der Waals surface area (Å²) >= 11 is 3.35. The first-order valence-corrected chi connectivity index (χ1v) is 10.7. The molecule has 0 saturated carbocycles. The van der Waals surface area contributed by atoms with Crippen LogP contribution >= 0.6 is 15.9 Å². The first-order chi connectivity index (χ1) is 15.4. The Labute approximate surface area is 194 Å². The minimum atomic E-state index is -1.10. The summed E-state index contributed by atoms with van der Waals surface area (Å²) in [6.45, 7) is 6.27. The number of halogens is 1. The lowest BCUT2D eigenvalue weighted by atomic mass is 10.2. The van der Waals surface area contributed by atoms with Gasteiger partial charge in [0.2, 0.25) is 0 Å². The van der Waals surface area contributed by atoms with Gasteiger partial charge >= 0.3 is 5.97 Å². The van der Waals surface area contributed by atoms with Crippen LogP contribution < -0.4 is 24.4 Å². The summed E-state index contributed by atoms with van der Waals surface area (Å²) in [5.41, 5.74) is 3.43. The predicted molar refractivity (Wildman–Crippen MR) is 122 cm³/mol. The van der Waals surface area contributed by atoms with Gasteiger partial charge in [-0.15, -0.1) is 0 Å². The lowest BCUT2D eigenvalue weighted by Crippen LogP contribution is -2.17. The van der Waals surface area contributed by atoms with Gasteiger partial charge in [0.25, 0.3) is 5.91 Å². The lowest BCUT2D eigenvalue weighted by Gasteiger charge is -2.13. The second-order valence-electron chi connectivity index (χ2n) is 6.17. The third kappa shape index (κ3) is 7.16. The Bertz CT molecular complexity index is 979. The number of nitrogens with one attached hydrogen (secondary N) is 1. The van der Waals surface area contributed by atoms with E-state index in [0.29, 0.717) is 52.7 Å². The molecular formula is C22H25BrN2O7. The zero-order valence-electron chi connectivity index (χ0n) is 18.0. The fourth-order valence-electron chi connectivity index (χ4n) is 2.62. The number of aliphatic carboxylic acids is 1. The van der Waals surface area contributed by atoms with Gasteiger partial charge in [-0.2, -0.15) is 5.10 Å². The molecule has 0 spiro atoms. The highest BCUT2D eigenvalue weighted by molar-refractivity contribution is 9.10. The average molecular weight is 509 g/mol. The van der Waals surface area contributed by atoms with E-state index in [1.165, 1.54) is 6.21 Å². The smallest absolute Gasteiger partial charge is 0.341 e. The number of benzene rings is 2. The molecule has 172 valence electrons. The van der Waals surface area contributed by atoms with Crippen LogP contribution in [-0.4, -0.2) is 49.6 Å². The number of carboxylic acid groups (broad SMARTS) is 1. The number of nitrogens with zero attached hydrogens (tertiary/aromatic N) is 1. The van der Waals surface area contributed by atoms with Crippen molar-refractivity contribution < 1.29 is 33.6 Å². The number of carbonyl (C=O) groups is 2. The molecule has 32 heavy (non-hydrogen) atoms. The second-order valence-corrected chi connectivity index (χ2v) is 7.03. The summed E-state index contributed by atoms with van der Waals surface area (Å²) in [5, 5.41) is 12.8. The Hall–Kier alpha value is -3.27. The largest absolute Gasteiger partial charge is 0.490 e. The summed E-state index contributed by atoms with van der Waals surface area (Å²) in [5.74, 6) is 0.142. The molecule has 0 bridgehead atoms. The van der Waals surface area contributed by atoms with Crippen molar-refractivity contribution in [1.29, 1.82) is 0 Å². The van der Waals surface area contributed by atoms with E-state index in [1.54, 1.807) is 37.3 Å². The number of rotatable bonds is 12. The third-order valence-electron chi connectivity index (χ3n) is 3.86. The van der Waals surface area contributed by atoms with E-state index in [1.807, 2.05) is 13.8 Å². The maximum atomic E-state index is 12.5. The molecule has 0 fully saturated rings. The highest BCUT2D eigenvalue weighted by Crippen LogP contribution is 2.36. The Kier molecular flexibility index (Phi) is 9.80. The van der Waals surface area contributed by atoms with E-state index in [0.717, 1.165) is 0 Å². The number of hydrogen-bond acceptors (Lipinski definition) is 7. The van der Waals surface area contributed by atoms with Gasteiger partial charge in [0.1, 0.15) is 0 Å². The van der Waals surface area contributed by atoms with Crippen LogP contribution in [0.3, 0.4) is 0 Å². The number of hydrogen-bond donors (Lipinski definition) is 2. The van der Waals surface area contributed by atoms with Gasteiger partial charge in [0.15, 0.2) is 29.6 Å². The fourth-order valence-corrected chi connectivity index (χ4v) is 3.20. The standard InChI is InChI=1S/C22H25BrN2O7/c1-4-29-17-8-7-15(11-18(17)30-5-2)22(28)25-24-12-14-9-16(23)21(32-13-20(26)27)19(10-14)31-6-3/h7-12H,4-6,13H2,1-3H3,(H,25,28)(H,26,27)/b24-12+. The van der Waals surface area contributed by atoms with Gasteiger partial charge < -0.3 is 24.1 Å². The second kappa shape index (κ2) is 12.6. The predicted octanol–water partition coefficient (Wildman–Crippen LogP) is 3.87. The molecular weight excluding hydrogens is 484 g/mol. The van der Waals surface area contributed by atoms with E-state index in [9.17, 15) is 9.59 Å². The molecule has 2 N–H and O–H groups in total. The van der Waals surface area contributed by atoms with Crippen molar-refractivity contribution in [1.82, 2.24) is 5.43 Å². The van der Waals surface area contributed by atoms with Crippen molar-refractivity contribution in [2.45, 2.75) is 20.8 Å². The maximum Gasteiger partial charge on any atom is 0.341 e. The molecule has 0 unspecified atom stereocenters. The number of carboxylic acids is 1. The van der Waals surface area contributed by atoms with E-state index in [-0.39, 0.29) is 5.75 Å². The van der Waals surface area contributed by atoms with Crippen LogP contribution in [0.15, 0.2) is 39.9 Å².